The molecule has 0 saturated heterocycles. The van der Waals surface area contributed by atoms with Gasteiger partial charge < -0.3 is 16.0 Å². The maximum atomic E-state index is 12.8. The summed E-state index contributed by atoms with van der Waals surface area (Å²) in [6, 6.07) is 6.76. The van der Waals surface area contributed by atoms with Crippen molar-refractivity contribution in [2.45, 2.75) is 38.3 Å². The molecule has 0 aliphatic heterocycles. The molecule has 1 amide bonds. The Hall–Kier alpha value is -1.38. The van der Waals surface area contributed by atoms with Crippen molar-refractivity contribution in [2.24, 2.45) is 4.99 Å². The van der Waals surface area contributed by atoms with E-state index in [0.717, 1.165) is 24.8 Å². The quantitative estimate of drug-likeness (QED) is 0.267. The number of carbonyl (C=O) groups excluding carboxylic acids is 1. The monoisotopic (exact) mass is 434 g/mol. The highest BCUT2D eigenvalue weighted by Crippen LogP contribution is 2.18. The number of rotatable bonds is 7. The normalized spacial score (nSPS) is 13.9. The van der Waals surface area contributed by atoms with Crippen molar-refractivity contribution in [1.82, 2.24) is 16.0 Å². The Morgan fingerprint density at radius 1 is 1.26 bits per heavy atom. The van der Waals surface area contributed by atoms with Crippen molar-refractivity contribution >= 4 is 35.8 Å². The minimum atomic E-state index is -0.240. The lowest BCUT2D eigenvalue weighted by atomic mass is 10.2. The number of hydrogen-bond acceptors (Lipinski definition) is 2. The molecule has 1 saturated carbocycles. The van der Waals surface area contributed by atoms with Crippen LogP contribution in [0.4, 0.5) is 4.39 Å². The lowest BCUT2D eigenvalue weighted by Gasteiger charge is -2.12. The minimum Gasteiger partial charge on any atom is -0.356 e. The molecule has 0 radical (unpaired) electrons. The van der Waals surface area contributed by atoms with Crippen molar-refractivity contribution in [1.29, 1.82) is 0 Å². The van der Waals surface area contributed by atoms with Gasteiger partial charge in [-0.05, 0) is 37.0 Å². The minimum absolute atomic E-state index is 0. The largest absolute Gasteiger partial charge is 0.356 e. The van der Waals surface area contributed by atoms with Crippen LogP contribution < -0.4 is 16.0 Å². The fourth-order valence-electron chi connectivity index (χ4n) is 1.99. The first-order valence-electron chi connectivity index (χ1n) is 7.65. The molecule has 23 heavy (non-hydrogen) atoms. The van der Waals surface area contributed by atoms with Crippen LogP contribution in [0.2, 0.25) is 0 Å². The highest BCUT2D eigenvalue weighted by atomic mass is 127. The molecule has 128 valence electrons. The number of guanidine groups is 1. The Labute approximate surface area is 153 Å². The first-order chi connectivity index (χ1) is 10.7. The van der Waals surface area contributed by atoms with E-state index in [1.807, 2.05) is 0 Å². The van der Waals surface area contributed by atoms with Crippen LogP contribution >= 0.6 is 24.0 Å². The van der Waals surface area contributed by atoms with E-state index < -0.39 is 0 Å². The smallest absolute Gasteiger partial charge is 0.220 e. The van der Waals surface area contributed by atoms with E-state index in [2.05, 4.69) is 20.9 Å². The average molecular weight is 434 g/mol. The second-order valence-corrected chi connectivity index (χ2v) is 5.42. The van der Waals surface area contributed by atoms with Crippen molar-refractivity contribution in [3.63, 3.8) is 0 Å². The third-order valence-corrected chi connectivity index (χ3v) is 3.41. The molecule has 0 bridgehead atoms. The Bertz CT molecular complexity index is 517. The molecule has 7 heteroatoms. The standard InChI is InChI=1S/C16H23FN4O.HI/c1-18-16(20-11-12-4-6-13(17)7-5-12)19-10-2-3-15(22)21-14-8-9-14;/h4-7,14H,2-3,8-11H2,1H3,(H,21,22)(H2,18,19,20);1H. The van der Waals surface area contributed by atoms with Crippen LogP contribution in [0.3, 0.4) is 0 Å². The summed E-state index contributed by atoms with van der Waals surface area (Å²) in [6.45, 7) is 1.25. The van der Waals surface area contributed by atoms with Gasteiger partial charge >= 0.3 is 0 Å². The second kappa shape index (κ2) is 10.4. The van der Waals surface area contributed by atoms with Crippen molar-refractivity contribution < 1.29 is 9.18 Å². The fraction of sp³-hybridized carbons (Fsp3) is 0.500. The van der Waals surface area contributed by atoms with Gasteiger partial charge in [-0.2, -0.15) is 0 Å². The van der Waals surface area contributed by atoms with Gasteiger partial charge in [-0.1, -0.05) is 12.1 Å². The van der Waals surface area contributed by atoms with Gasteiger partial charge in [0.2, 0.25) is 5.91 Å². The third kappa shape index (κ3) is 8.15. The van der Waals surface area contributed by atoms with E-state index in [-0.39, 0.29) is 35.7 Å². The number of benzene rings is 1. The first-order valence-corrected chi connectivity index (χ1v) is 7.65. The molecule has 0 spiro atoms. The highest BCUT2D eigenvalue weighted by molar-refractivity contribution is 14.0. The van der Waals surface area contributed by atoms with Crippen LogP contribution in [-0.2, 0) is 11.3 Å². The molecule has 1 fully saturated rings. The zero-order valence-corrected chi connectivity index (χ0v) is 15.6. The van der Waals surface area contributed by atoms with Gasteiger partial charge in [-0.3, -0.25) is 9.79 Å². The van der Waals surface area contributed by atoms with Crippen LogP contribution in [0.15, 0.2) is 29.3 Å². The van der Waals surface area contributed by atoms with Crippen LogP contribution in [0.25, 0.3) is 0 Å². The second-order valence-electron chi connectivity index (χ2n) is 5.42. The molecule has 5 nitrogen and oxygen atoms in total. The summed E-state index contributed by atoms with van der Waals surface area (Å²) in [5, 5.41) is 9.28. The number of nitrogens with one attached hydrogen (secondary N) is 3. The number of halogens is 2. The fourth-order valence-corrected chi connectivity index (χ4v) is 1.99. The Balaban J connectivity index is 0.00000264. The van der Waals surface area contributed by atoms with Crippen molar-refractivity contribution in [3.8, 4) is 0 Å². The number of aliphatic imine (C=N–C) groups is 1. The summed E-state index contributed by atoms with van der Waals surface area (Å²) in [6.07, 6.45) is 3.52. The van der Waals surface area contributed by atoms with E-state index in [1.54, 1.807) is 19.2 Å². The van der Waals surface area contributed by atoms with Gasteiger partial charge in [0, 0.05) is 32.6 Å². The van der Waals surface area contributed by atoms with Gasteiger partial charge in [-0.25, -0.2) is 4.39 Å². The SMILES string of the molecule is CN=C(NCCCC(=O)NC1CC1)NCc1ccc(F)cc1.I. The molecule has 3 N–H and O–H groups in total. The number of carbonyl (C=O) groups is 1. The van der Waals surface area contributed by atoms with Crippen LogP contribution in [0, 0.1) is 5.82 Å². The molecular formula is C16H24FIN4O. The predicted octanol–water partition coefficient (Wildman–Crippen LogP) is 2.17. The maximum absolute atomic E-state index is 12.8. The Morgan fingerprint density at radius 3 is 2.57 bits per heavy atom. The summed E-state index contributed by atoms with van der Waals surface area (Å²) in [5.74, 6) is 0.557. The van der Waals surface area contributed by atoms with Gasteiger partial charge in [0.05, 0.1) is 0 Å². The zero-order valence-electron chi connectivity index (χ0n) is 13.3. The molecule has 0 atom stereocenters. The number of hydrogen-bond donors (Lipinski definition) is 3. The van der Waals surface area contributed by atoms with E-state index >= 15 is 0 Å². The lowest BCUT2D eigenvalue weighted by molar-refractivity contribution is -0.121. The van der Waals surface area contributed by atoms with Gasteiger partial charge in [0.15, 0.2) is 5.96 Å². The predicted molar refractivity (Wildman–Crippen MR) is 100 cm³/mol. The summed E-state index contributed by atoms with van der Waals surface area (Å²) in [4.78, 5) is 15.6. The Morgan fingerprint density at radius 2 is 1.96 bits per heavy atom. The van der Waals surface area contributed by atoms with Crippen molar-refractivity contribution in [3.05, 3.63) is 35.6 Å². The summed E-state index contributed by atoms with van der Waals surface area (Å²) in [7, 11) is 1.69. The van der Waals surface area contributed by atoms with Crippen LogP contribution in [-0.4, -0.2) is 31.5 Å². The van der Waals surface area contributed by atoms with Gasteiger partial charge in [0.25, 0.3) is 0 Å². The van der Waals surface area contributed by atoms with Gasteiger partial charge in [-0.15, -0.1) is 24.0 Å². The van der Waals surface area contributed by atoms with E-state index in [4.69, 9.17) is 0 Å². The number of nitrogens with zero attached hydrogens (tertiary/aromatic N) is 1. The topological polar surface area (TPSA) is 65.5 Å². The van der Waals surface area contributed by atoms with Gasteiger partial charge in [0.1, 0.15) is 5.82 Å². The molecule has 0 aromatic heterocycles. The van der Waals surface area contributed by atoms with Crippen molar-refractivity contribution in [2.75, 3.05) is 13.6 Å². The molecule has 0 heterocycles. The zero-order chi connectivity index (χ0) is 15.8. The molecule has 1 aliphatic rings. The average Bonchev–Trinajstić information content (AvgIpc) is 3.32. The Kier molecular flexibility index (Phi) is 8.90. The lowest BCUT2D eigenvalue weighted by Crippen LogP contribution is -2.37. The molecule has 1 aromatic rings. The number of amides is 1. The molecule has 1 aromatic carbocycles. The maximum Gasteiger partial charge on any atom is 0.220 e. The van der Waals surface area contributed by atoms with E-state index in [9.17, 15) is 9.18 Å². The molecular weight excluding hydrogens is 410 g/mol. The summed E-state index contributed by atoms with van der Waals surface area (Å²) >= 11 is 0. The van der Waals surface area contributed by atoms with E-state index in [0.29, 0.717) is 31.5 Å². The van der Waals surface area contributed by atoms with Crippen LogP contribution in [0.5, 0.6) is 0 Å². The molecule has 2 rings (SSSR count). The van der Waals surface area contributed by atoms with Crippen LogP contribution in [0.1, 0.15) is 31.2 Å². The third-order valence-electron chi connectivity index (χ3n) is 3.41. The molecule has 0 unspecified atom stereocenters. The summed E-state index contributed by atoms with van der Waals surface area (Å²) in [5.41, 5.74) is 0.980. The molecule has 1 aliphatic carbocycles. The highest BCUT2D eigenvalue weighted by Gasteiger charge is 2.22. The summed E-state index contributed by atoms with van der Waals surface area (Å²) < 4.78 is 12.8. The first kappa shape index (κ1) is 19.7. The van der Waals surface area contributed by atoms with E-state index in [1.165, 1.54) is 12.1 Å².